The third-order valence-corrected chi connectivity index (χ3v) is 2.87. The van der Waals surface area contributed by atoms with Crippen molar-refractivity contribution in [3.63, 3.8) is 0 Å². The van der Waals surface area contributed by atoms with Crippen LogP contribution in [0.15, 0.2) is 0 Å². The van der Waals surface area contributed by atoms with E-state index in [9.17, 15) is 9.59 Å². The van der Waals surface area contributed by atoms with E-state index in [0.29, 0.717) is 0 Å². The molecule has 4 heteroatoms. The van der Waals surface area contributed by atoms with E-state index < -0.39 is 0 Å². The molecule has 2 rings (SSSR count). The van der Waals surface area contributed by atoms with Crippen LogP contribution in [0.5, 0.6) is 0 Å². The van der Waals surface area contributed by atoms with Gasteiger partial charge in [0.05, 0.1) is 12.1 Å². The number of carbonyl (C=O) groups excluding carboxylic acids is 2. The van der Waals surface area contributed by atoms with Crippen molar-refractivity contribution in [3.05, 3.63) is 0 Å². The number of hydrogen-bond donors (Lipinski definition) is 2. The van der Waals surface area contributed by atoms with Crippen molar-refractivity contribution in [2.75, 3.05) is 13.1 Å². The van der Waals surface area contributed by atoms with Crippen LogP contribution >= 0.6 is 0 Å². The zero-order valence-corrected chi connectivity index (χ0v) is 9.51. The highest BCUT2D eigenvalue weighted by Crippen LogP contribution is 2.04. The van der Waals surface area contributed by atoms with Crippen LogP contribution in [-0.2, 0) is 9.59 Å². The summed E-state index contributed by atoms with van der Waals surface area (Å²) in [5.41, 5.74) is 0. The first-order valence-electron chi connectivity index (χ1n) is 5.59. The van der Waals surface area contributed by atoms with Gasteiger partial charge in [0.15, 0.2) is 0 Å². The minimum Gasteiger partial charge on any atom is -0.307 e. The average molecular weight is 212 g/mol. The maximum atomic E-state index is 10.6. The fraction of sp³-hybridized carbons (Fsp3) is 0.818. The average Bonchev–Trinajstić information content (AvgIpc) is 2.51. The van der Waals surface area contributed by atoms with Crippen molar-refractivity contribution < 1.29 is 9.59 Å². The Morgan fingerprint density at radius 2 is 1.40 bits per heavy atom. The summed E-state index contributed by atoms with van der Waals surface area (Å²) >= 11 is 0. The standard InChI is InChI=1S/C6H11NO.C5H9NO/c1-5(8)6-3-2-4-7-6;1-4(7)5-2-3-6-5/h6-7H,2-4H2,1H3;5-6H,2-3H2,1H3/t6-;5-/m00/s1. The minimum atomic E-state index is 0.176. The molecule has 15 heavy (non-hydrogen) atoms. The van der Waals surface area contributed by atoms with E-state index in [1.165, 1.54) is 0 Å². The molecule has 0 spiro atoms. The van der Waals surface area contributed by atoms with E-state index in [1.807, 2.05) is 0 Å². The molecule has 0 aromatic carbocycles. The summed E-state index contributed by atoms with van der Waals surface area (Å²) < 4.78 is 0. The molecule has 0 saturated carbocycles. The molecule has 2 N–H and O–H groups in total. The zero-order valence-electron chi connectivity index (χ0n) is 9.51. The van der Waals surface area contributed by atoms with Crippen LogP contribution in [0.3, 0.4) is 0 Å². The lowest BCUT2D eigenvalue weighted by molar-refractivity contribution is -0.120. The Morgan fingerprint density at radius 3 is 1.53 bits per heavy atom. The molecule has 2 fully saturated rings. The molecule has 2 atom stereocenters. The van der Waals surface area contributed by atoms with Crippen LogP contribution in [0.1, 0.15) is 33.1 Å². The zero-order chi connectivity index (χ0) is 11.3. The number of nitrogens with one attached hydrogen (secondary N) is 2. The monoisotopic (exact) mass is 212 g/mol. The van der Waals surface area contributed by atoms with E-state index in [0.717, 1.165) is 32.4 Å². The second-order valence-electron chi connectivity index (χ2n) is 4.17. The fourth-order valence-corrected chi connectivity index (χ4v) is 1.67. The molecule has 0 unspecified atom stereocenters. The van der Waals surface area contributed by atoms with Gasteiger partial charge in [-0.05, 0) is 46.2 Å². The van der Waals surface area contributed by atoms with E-state index in [-0.39, 0.29) is 23.7 Å². The second kappa shape index (κ2) is 5.98. The van der Waals surface area contributed by atoms with Gasteiger partial charge in [0.2, 0.25) is 0 Å². The Kier molecular flexibility index (Phi) is 4.91. The van der Waals surface area contributed by atoms with Crippen LogP contribution in [0.2, 0.25) is 0 Å². The molecule has 4 nitrogen and oxygen atoms in total. The van der Waals surface area contributed by atoms with Gasteiger partial charge in [-0.15, -0.1) is 0 Å². The number of Topliss-reactive ketones (excluding diaryl/α,β-unsaturated/α-hetero) is 2. The predicted octanol–water partition coefficient (Wildman–Crippen LogP) is 0.265. The van der Waals surface area contributed by atoms with Gasteiger partial charge >= 0.3 is 0 Å². The van der Waals surface area contributed by atoms with Gasteiger partial charge < -0.3 is 10.6 Å². The molecule has 0 aromatic heterocycles. The summed E-state index contributed by atoms with van der Waals surface area (Å²) in [7, 11) is 0. The molecular weight excluding hydrogens is 192 g/mol. The summed E-state index contributed by atoms with van der Waals surface area (Å²) in [6, 6.07) is 0.370. The maximum absolute atomic E-state index is 10.6. The molecule has 0 amide bonds. The first kappa shape index (κ1) is 12.3. The van der Waals surface area contributed by atoms with Crippen LogP contribution in [0.4, 0.5) is 0 Å². The first-order chi connectivity index (χ1) is 7.11. The van der Waals surface area contributed by atoms with E-state index in [1.54, 1.807) is 13.8 Å². The lowest BCUT2D eigenvalue weighted by atomic mass is 10.0. The van der Waals surface area contributed by atoms with Gasteiger partial charge in [-0.2, -0.15) is 0 Å². The van der Waals surface area contributed by atoms with E-state index in [4.69, 9.17) is 0 Å². The predicted molar refractivity (Wildman–Crippen MR) is 58.8 cm³/mol. The van der Waals surface area contributed by atoms with Crippen LogP contribution < -0.4 is 10.6 Å². The highest BCUT2D eigenvalue weighted by molar-refractivity contribution is 5.82. The Balaban J connectivity index is 0.000000151. The minimum absolute atomic E-state index is 0.176. The molecule has 2 heterocycles. The quantitative estimate of drug-likeness (QED) is 0.689. The molecule has 2 saturated heterocycles. The molecule has 0 radical (unpaired) electrons. The van der Waals surface area contributed by atoms with Gasteiger partial charge in [0.1, 0.15) is 11.6 Å². The van der Waals surface area contributed by atoms with Crippen molar-refractivity contribution in [1.29, 1.82) is 0 Å². The van der Waals surface area contributed by atoms with Crippen molar-refractivity contribution >= 4 is 11.6 Å². The van der Waals surface area contributed by atoms with Crippen LogP contribution in [0.25, 0.3) is 0 Å². The SMILES string of the molecule is CC(=O)[C@@H]1CCCN1.CC(=O)[C@@H]1CCN1. The smallest absolute Gasteiger partial charge is 0.146 e. The lowest BCUT2D eigenvalue weighted by Crippen LogP contribution is -2.47. The van der Waals surface area contributed by atoms with E-state index >= 15 is 0 Å². The highest BCUT2D eigenvalue weighted by atomic mass is 16.1. The largest absolute Gasteiger partial charge is 0.307 e. The molecule has 2 aliphatic rings. The number of hydrogen-bond acceptors (Lipinski definition) is 4. The molecule has 0 aliphatic carbocycles. The molecule has 2 aliphatic heterocycles. The summed E-state index contributed by atoms with van der Waals surface area (Å²) in [5, 5.41) is 6.10. The van der Waals surface area contributed by atoms with Gasteiger partial charge in [0.25, 0.3) is 0 Å². The number of rotatable bonds is 2. The van der Waals surface area contributed by atoms with Gasteiger partial charge in [-0.1, -0.05) is 0 Å². The third kappa shape index (κ3) is 4.10. The maximum Gasteiger partial charge on any atom is 0.146 e. The van der Waals surface area contributed by atoms with E-state index in [2.05, 4.69) is 10.6 Å². The highest BCUT2D eigenvalue weighted by Gasteiger charge is 2.19. The molecule has 86 valence electrons. The summed E-state index contributed by atoms with van der Waals surface area (Å²) in [6.45, 7) is 5.30. The molecule has 0 bridgehead atoms. The van der Waals surface area contributed by atoms with Gasteiger partial charge in [-0.25, -0.2) is 0 Å². The normalized spacial score (nSPS) is 28.7. The Bertz CT molecular complexity index is 231. The first-order valence-corrected chi connectivity index (χ1v) is 5.59. The topological polar surface area (TPSA) is 58.2 Å². The number of carbonyl (C=O) groups is 2. The van der Waals surface area contributed by atoms with Crippen molar-refractivity contribution in [1.82, 2.24) is 10.6 Å². The molecular formula is C11H20N2O2. The fourth-order valence-electron chi connectivity index (χ4n) is 1.67. The third-order valence-electron chi connectivity index (χ3n) is 2.87. The van der Waals surface area contributed by atoms with Crippen LogP contribution in [0, 0.1) is 0 Å². The molecule has 0 aromatic rings. The lowest BCUT2D eigenvalue weighted by Gasteiger charge is -2.24. The summed E-state index contributed by atoms with van der Waals surface area (Å²) in [6.07, 6.45) is 3.23. The van der Waals surface area contributed by atoms with Crippen molar-refractivity contribution in [2.24, 2.45) is 0 Å². The number of ketones is 2. The Hall–Kier alpha value is -0.740. The summed E-state index contributed by atoms with van der Waals surface area (Å²) in [5.74, 6) is 0.550. The summed E-state index contributed by atoms with van der Waals surface area (Å²) in [4.78, 5) is 20.9. The van der Waals surface area contributed by atoms with Gasteiger partial charge in [-0.3, -0.25) is 9.59 Å². The van der Waals surface area contributed by atoms with Crippen LogP contribution in [-0.4, -0.2) is 36.7 Å². The van der Waals surface area contributed by atoms with Crippen molar-refractivity contribution in [2.45, 2.75) is 45.2 Å². The Labute approximate surface area is 90.8 Å². The Morgan fingerprint density at radius 1 is 0.933 bits per heavy atom. The van der Waals surface area contributed by atoms with Gasteiger partial charge in [0, 0.05) is 0 Å². The second-order valence-corrected chi connectivity index (χ2v) is 4.17. The van der Waals surface area contributed by atoms with Crippen molar-refractivity contribution in [3.8, 4) is 0 Å².